The monoisotopic (exact) mass is 261 g/mol. The molecule has 0 aliphatic rings. The van der Waals surface area contributed by atoms with E-state index in [0.717, 1.165) is 35.9 Å². The van der Waals surface area contributed by atoms with E-state index in [9.17, 15) is 0 Å². The largest absolute Gasteiger partial charge is 0.434 e. The molecule has 0 aliphatic heterocycles. The lowest BCUT2D eigenvalue weighted by molar-refractivity contribution is 0.453. The molecule has 6 heteroatoms. The third-order valence-corrected chi connectivity index (χ3v) is 2.82. The Bertz CT molecular complexity index is 564. The molecule has 0 atom stereocenters. The predicted molar refractivity (Wildman–Crippen MR) is 73.6 cm³/mol. The van der Waals surface area contributed by atoms with Crippen molar-refractivity contribution >= 4 is 5.82 Å². The van der Waals surface area contributed by atoms with Gasteiger partial charge in [0.05, 0.1) is 18.1 Å². The van der Waals surface area contributed by atoms with E-state index in [1.165, 1.54) is 0 Å². The maximum Gasteiger partial charge on any atom is 0.239 e. The average Bonchev–Trinajstić information content (AvgIpc) is 2.64. The predicted octanol–water partition coefficient (Wildman–Crippen LogP) is 2.44. The number of hydrogen-bond acceptors (Lipinski definition) is 5. The third-order valence-electron chi connectivity index (χ3n) is 2.82. The average molecular weight is 261 g/mol. The van der Waals surface area contributed by atoms with Crippen LogP contribution in [0.1, 0.15) is 24.7 Å². The Kier molecular flexibility index (Phi) is 3.99. The van der Waals surface area contributed by atoms with Crippen LogP contribution in [0.25, 0.3) is 0 Å². The zero-order chi connectivity index (χ0) is 13.8. The minimum atomic E-state index is 0.473. The Hall–Kier alpha value is -2.11. The van der Waals surface area contributed by atoms with Gasteiger partial charge in [0.1, 0.15) is 11.5 Å². The fraction of sp³-hybridized carbons (Fsp3) is 0.462. The van der Waals surface area contributed by atoms with E-state index in [2.05, 4.69) is 27.3 Å². The number of ether oxygens (including phenoxy) is 1. The summed E-state index contributed by atoms with van der Waals surface area (Å²) in [7, 11) is 1.89. The van der Waals surface area contributed by atoms with Gasteiger partial charge in [0, 0.05) is 13.6 Å². The Balaban J connectivity index is 2.18. The molecule has 6 nitrogen and oxygen atoms in total. The van der Waals surface area contributed by atoms with Gasteiger partial charge in [-0.25, -0.2) is 0 Å². The Morgan fingerprint density at radius 1 is 1.32 bits per heavy atom. The summed E-state index contributed by atoms with van der Waals surface area (Å²) in [4.78, 5) is 8.49. The summed E-state index contributed by atoms with van der Waals surface area (Å²) in [5, 5.41) is 7.49. The highest BCUT2D eigenvalue weighted by molar-refractivity contribution is 5.37. The van der Waals surface area contributed by atoms with E-state index in [-0.39, 0.29) is 0 Å². The van der Waals surface area contributed by atoms with Gasteiger partial charge in [-0.05, 0) is 20.3 Å². The fourth-order valence-electron chi connectivity index (χ4n) is 1.74. The molecule has 0 amide bonds. The second-order valence-corrected chi connectivity index (χ2v) is 4.39. The van der Waals surface area contributed by atoms with Crippen LogP contribution in [-0.4, -0.2) is 26.3 Å². The lowest BCUT2D eigenvalue weighted by Crippen LogP contribution is -2.03. The summed E-state index contributed by atoms with van der Waals surface area (Å²) in [5.41, 5.74) is 1.81. The number of hydrogen-bond donors (Lipinski definition) is 1. The first-order valence-corrected chi connectivity index (χ1v) is 6.35. The first kappa shape index (κ1) is 13.3. The van der Waals surface area contributed by atoms with Crippen molar-refractivity contribution in [2.75, 3.05) is 11.9 Å². The highest BCUT2D eigenvalue weighted by Gasteiger charge is 2.12. The van der Waals surface area contributed by atoms with E-state index in [0.29, 0.717) is 5.88 Å². The van der Waals surface area contributed by atoms with Gasteiger partial charge in [0.2, 0.25) is 5.88 Å². The minimum Gasteiger partial charge on any atom is -0.434 e. The molecule has 2 aromatic rings. The smallest absolute Gasteiger partial charge is 0.239 e. The number of nitrogens with one attached hydrogen (secondary N) is 1. The quantitative estimate of drug-likeness (QED) is 0.895. The molecule has 0 bridgehead atoms. The van der Waals surface area contributed by atoms with Crippen molar-refractivity contribution in [3.05, 3.63) is 23.8 Å². The van der Waals surface area contributed by atoms with Crippen molar-refractivity contribution in [2.24, 2.45) is 7.05 Å². The van der Waals surface area contributed by atoms with E-state index < -0.39 is 0 Å². The lowest BCUT2D eigenvalue weighted by Gasteiger charge is -2.07. The molecule has 0 aliphatic carbocycles. The molecule has 0 unspecified atom stereocenters. The van der Waals surface area contributed by atoms with Gasteiger partial charge in [-0.1, -0.05) is 6.92 Å². The zero-order valence-corrected chi connectivity index (χ0v) is 11.8. The van der Waals surface area contributed by atoms with E-state index in [1.807, 2.05) is 20.9 Å². The fourth-order valence-corrected chi connectivity index (χ4v) is 1.74. The Morgan fingerprint density at radius 3 is 2.74 bits per heavy atom. The minimum absolute atomic E-state index is 0.473. The number of nitrogens with zero attached hydrogens (tertiary/aromatic N) is 4. The van der Waals surface area contributed by atoms with Crippen LogP contribution in [0.3, 0.4) is 0 Å². The number of aryl methyl sites for hydroxylation is 2. The van der Waals surface area contributed by atoms with Gasteiger partial charge in [0.15, 0.2) is 5.75 Å². The number of aromatic nitrogens is 4. The van der Waals surface area contributed by atoms with Crippen LogP contribution in [0.4, 0.5) is 5.82 Å². The second kappa shape index (κ2) is 5.69. The van der Waals surface area contributed by atoms with Crippen molar-refractivity contribution in [1.29, 1.82) is 0 Å². The molecule has 0 saturated heterocycles. The van der Waals surface area contributed by atoms with Crippen molar-refractivity contribution in [3.63, 3.8) is 0 Å². The summed E-state index contributed by atoms with van der Waals surface area (Å²) in [6.07, 6.45) is 4.32. The molecular weight excluding hydrogens is 242 g/mol. The van der Waals surface area contributed by atoms with Crippen LogP contribution in [0.15, 0.2) is 12.4 Å². The molecule has 102 valence electrons. The topological polar surface area (TPSA) is 64.9 Å². The van der Waals surface area contributed by atoms with Crippen LogP contribution in [-0.2, 0) is 7.05 Å². The second-order valence-electron chi connectivity index (χ2n) is 4.39. The molecular formula is C13H19N5O. The molecule has 2 aromatic heterocycles. The first-order valence-electron chi connectivity index (χ1n) is 6.35. The maximum atomic E-state index is 5.78. The molecule has 0 spiro atoms. The number of rotatable bonds is 5. The van der Waals surface area contributed by atoms with Crippen molar-refractivity contribution in [3.8, 4) is 11.6 Å². The summed E-state index contributed by atoms with van der Waals surface area (Å²) in [6, 6.07) is 0. The molecule has 1 N–H and O–H groups in total. The summed E-state index contributed by atoms with van der Waals surface area (Å²) < 4.78 is 7.57. The lowest BCUT2D eigenvalue weighted by atomic mass is 10.3. The van der Waals surface area contributed by atoms with Crippen molar-refractivity contribution < 1.29 is 4.74 Å². The Labute approximate surface area is 112 Å². The van der Waals surface area contributed by atoms with Crippen LogP contribution < -0.4 is 10.1 Å². The van der Waals surface area contributed by atoms with Gasteiger partial charge in [-0.3, -0.25) is 9.67 Å². The van der Waals surface area contributed by atoms with Gasteiger partial charge in [-0.15, -0.1) is 0 Å². The molecule has 2 heterocycles. The van der Waals surface area contributed by atoms with Crippen LogP contribution in [0.5, 0.6) is 11.6 Å². The first-order chi connectivity index (χ1) is 9.11. The van der Waals surface area contributed by atoms with Crippen LogP contribution >= 0.6 is 0 Å². The molecule has 0 fully saturated rings. The molecule has 0 radical (unpaired) electrons. The van der Waals surface area contributed by atoms with Crippen LogP contribution in [0.2, 0.25) is 0 Å². The van der Waals surface area contributed by atoms with E-state index in [4.69, 9.17) is 4.74 Å². The maximum absolute atomic E-state index is 5.78. The van der Waals surface area contributed by atoms with E-state index >= 15 is 0 Å². The normalized spacial score (nSPS) is 10.5. The van der Waals surface area contributed by atoms with Crippen LogP contribution in [0, 0.1) is 13.8 Å². The summed E-state index contributed by atoms with van der Waals surface area (Å²) in [5.74, 6) is 1.93. The van der Waals surface area contributed by atoms with Gasteiger partial charge in [-0.2, -0.15) is 10.1 Å². The molecule has 0 saturated carbocycles. The van der Waals surface area contributed by atoms with Gasteiger partial charge in [0.25, 0.3) is 0 Å². The van der Waals surface area contributed by atoms with Crippen molar-refractivity contribution in [2.45, 2.75) is 27.2 Å². The van der Waals surface area contributed by atoms with Crippen molar-refractivity contribution in [1.82, 2.24) is 19.7 Å². The Morgan fingerprint density at radius 2 is 2.11 bits per heavy atom. The SMILES string of the molecule is CCCNc1cncc(Oc2c(C)nn(C)c2C)n1. The highest BCUT2D eigenvalue weighted by Crippen LogP contribution is 2.26. The molecule has 19 heavy (non-hydrogen) atoms. The van der Waals surface area contributed by atoms with Gasteiger partial charge >= 0.3 is 0 Å². The zero-order valence-electron chi connectivity index (χ0n) is 11.8. The summed E-state index contributed by atoms with van der Waals surface area (Å²) in [6.45, 7) is 6.84. The molecule has 2 rings (SSSR count). The van der Waals surface area contributed by atoms with Gasteiger partial charge < -0.3 is 10.1 Å². The number of anilines is 1. The molecule has 0 aromatic carbocycles. The third kappa shape index (κ3) is 3.01. The van der Waals surface area contributed by atoms with E-state index in [1.54, 1.807) is 17.1 Å². The highest BCUT2D eigenvalue weighted by atomic mass is 16.5. The standard InChI is InChI=1S/C13H19N5O/c1-5-6-15-11-7-14-8-12(16-11)19-13-9(2)17-18(4)10(13)3/h7-8H,5-6H2,1-4H3,(H,15,16). The summed E-state index contributed by atoms with van der Waals surface area (Å²) >= 11 is 0.